The first kappa shape index (κ1) is 15.5. The zero-order valence-electron chi connectivity index (χ0n) is 10.6. The molecule has 0 aliphatic rings. The van der Waals surface area contributed by atoms with Crippen molar-refractivity contribution in [2.24, 2.45) is 5.92 Å². The first-order chi connectivity index (χ1) is 8.77. The van der Waals surface area contributed by atoms with E-state index in [1.165, 1.54) is 32.2 Å². The topological polar surface area (TPSA) is 46.5 Å². The van der Waals surface area contributed by atoms with Crippen LogP contribution in [0.1, 0.15) is 30.6 Å². The number of esters is 1. The summed E-state index contributed by atoms with van der Waals surface area (Å²) in [5, 5.41) is 9.97. The van der Waals surface area contributed by atoms with Gasteiger partial charge in [-0.05, 0) is 17.5 Å². The van der Waals surface area contributed by atoms with Crippen LogP contribution >= 0.6 is 0 Å². The normalized spacial score (nSPS) is 14.8. The predicted molar refractivity (Wildman–Crippen MR) is 62.2 cm³/mol. The lowest BCUT2D eigenvalue weighted by molar-refractivity contribution is -0.142. The zero-order chi connectivity index (χ0) is 14.6. The van der Waals surface area contributed by atoms with Crippen LogP contribution in [0.4, 0.5) is 13.2 Å². The lowest BCUT2D eigenvalue weighted by Crippen LogP contribution is -2.19. The molecule has 1 rings (SSSR count). The van der Waals surface area contributed by atoms with E-state index in [9.17, 15) is 23.1 Å². The fraction of sp³-hybridized carbons (Fsp3) is 0.462. The number of benzene rings is 1. The Bertz CT molecular complexity index is 443. The van der Waals surface area contributed by atoms with E-state index in [0.717, 1.165) is 6.07 Å². The van der Waals surface area contributed by atoms with Crippen molar-refractivity contribution in [3.05, 3.63) is 35.4 Å². The van der Waals surface area contributed by atoms with Crippen molar-refractivity contribution in [2.45, 2.75) is 25.6 Å². The lowest BCUT2D eigenvalue weighted by atomic mass is 9.91. The van der Waals surface area contributed by atoms with Crippen molar-refractivity contribution >= 4 is 5.97 Å². The molecule has 0 radical (unpaired) electrons. The molecule has 0 aromatic heterocycles. The van der Waals surface area contributed by atoms with Crippen molar-refractivity contribution < 1.29 is 27.8 Å². The molecular formula is C13H15F3O3. The first-order valence-corrected chi connectivity index (χ1v) is 5.68. The van der Waals surface area contributed by atoms with Crippen molar-refractivity contribution in [3.63, 3.8) is 0 Å². The maximum atomic E-state index is 12.8. The van der Waals surface area contributed by atoms with Gasteiger partial charge in [-0.25, -0.2) is 0 Å². The Labute approximate surface area is 109 Å². The molecule has 2 unspecified atom stereocenters. The molecule has 0 saturated heterocycles. The van der Waals surface area contributed by atoms with Gasteiger partial charge in [-0.1, -0.05) is 25.1 Å². The average Bonchev–Trinajstić information content (AvgIpc) is 2.36. The number of aliphatic hydroxyl groups is 1. The molecule has 106 valence electrons. The van der Waals surface area contributed by atoms with E-state index in [4.69, 9.17) is 0 Å². The van der Waals surface area contributed by atoms with Gasteiger partial charge < -0.3 is 9.84 Å². The van der Waals surface area contributed by atoms with Crippen LogP contribution in [-0.2, 0) is 15.7 Å². The molecule has 3 nitrogen and oxygen atoms in total. The summed E-state index contributed by atoms with van der Waals surface area (Å²) >= 11 is 0. The standard InChI is InChI=1S/C13H15F3O3/c1-8(7-11(17)19-2)12(18)9-5-3-4-6-10(9)13(14,15)16/h3-6,8,12,18H,7H2,1-2H3. The number of carbonyl (C=O) groups is 1. The average molecular weight is 276 g/mol. The minimum atomic E-state index is -4.54. The second-order valence-electron chi connectivity index (χ2n) is 4.29. The molecule has 0 aliphatic heterocycles. The van der Waals surface area contributed by atoms with Gasteiger partial charge in [0.25, 0.3) is 0 Å². The first-order valence-electron chi connectivity index (χ1n) is 5.68. The molecule has 0 heterocycles. The van der Waals surface area contributed by atoms with Crippen LogP contribution in [0, 0.1) is 5.92 Å². The number of hydrogen-bond donors (Lipinski definition) is 1. The Morgan fingerprint density at radius 2 is 1.95 bits per heavy atom. The lowest BCUT2D eigenvalue weighted by Gasteiger charge is -2.21. The smallest absolute Gasteiger partial charge is 0.416 e. The highest BCUT2D eigenvalue weighted by molar-refractivity contribution is 5.69. The fourth-order valence-electron chi connectivity index (χ4n) is 1.78. The third-order valence-electron chi connectivity index (χ3n) is 2.84. The highest BCUT2D eigenvalue weighted by Gasteiger charge is 2.35. The molecule has 0 bridgehead atoms. The maximum Gasteiger partial charge on any atom is 0.416 e. The van der Waals surface area contributed by atoms with Crippen LogP contribution in [0.25, 0.3) is 0 Å². The number of carbonyl (C=O) groups excluding carboxylic acids is 1. The number of alkyl halides is 3. The Morgan fingerprint density at radius 3 is 2.47 bits per heavy atom. The molecular weight excluding hydrogens is 261 g/mol. The van der Waals surface area contributed by atoms with E-state index < -0.39 is 29.7 Å². The summed E-state index contributed by atoms with van der Waals surface area (Å²) in [5.74, 6) is -1.24. The van der Waals surface area contributed by atoms with Crippen LogP contribution in [0.15, 0.2) is 24.3 Å². The minimum Gasteiger partial charge on any atom is -0.469 e. The largest absolute Gasteiger partial charge is 0.469 e. The molecule has 0 saturated carbocycles. The molecule has 2 atom stereocenters. The number of rotatable bonds is 4. The molecule has 6 heteroatoms. The fourth-order valence-corrected chi connectivity index (χ4v) is 1.78. The Hall–Kier alpha value is -1.56. The Morgan fingerprint density at radius 1 is 1.37 bits per heavy atom. The van der Waals surface area contributed by atoms with Crippen LogP contribution in [0.5, 0.6) is 0 Å². The van der Waals surface area contributed by atoms with Gasteiger partial charge in [-0.2, -0.15) is 13.2 Å². The summed E-state index contributed by atoms with van der Waals surface area (Å²) in [5.41, 5.74) is -1.12. The molecule has 1 N–H and O–H groups in total. The van der Waals surface area contributed by atoms with Crippen molar-refractivity contribution in [3.8, 4) is 0 Å². The van der Waals surface area contributed by atoms with E-state index in [-0.39, 0.29) is 12.0 Å². The number of ether oxygens (including phenoxy) is 1. The molecule has 1 aromatic rings. The molecule has 0 fully saturated rings. The SMILES string of the molecule is COC(=O)CC(C)C(O)c1ccccc1C(F)(F)F. The summed E-state index contributed by atoms with van der Waals surface area (Å²) in [6, 6.07) is 4.79. The summed E-state index contributed by atoms with van der Waals surface area (Å²) < 4.78 is 42.8. The molecule has 0 amide bonds. The molecule has 0 spiro atoms. The zero-order valence-corrected chi connectivity index (χ0v) is 10.6. The number of hydrogen-bond acceptors (Lipinski definition) is 3. The van der Waals surface area contributed by atoms with E-state index in [1.807, 2.05) is 0 Å². The van der Waals surface area contributed by atoms with E-state index in [1.54, 1.807) is 0 Å². The maximum absolute atomic E-state index is 12.8. The van der Waals surface area contributed by atoms with Gasteiger partial charge in [0.05, 0.1) is 25.2 Å². The van der Waals surface area contributed by atoms with Crippen LogP contribution in [-0.4, -0.2) is 18.2 Å². The Balaban J connectivity index is 2.99. The predicted octanol–water partition coefficient (Wildman–Crippen LogP) is 2.94. The van der Waals surface area contributed by atoms with E-state index in [2.05, 4.69) is 4.74 Å². The van der Waals surface area contributed by atoms with Gasteiger partial charge in [0, 0.05) is 0 Å². The van der Waals surface area contributed by atoms with Gasteiger partial charge >= 0.3 is 12.1 Å². The van der Waals surface area contributed by atoms with Crippen LogP contribution in [0.2, 0.25) is 0 Å². The van der Waals surface area contributed by atoms with Gasteiger partial charge in [-0.3, -0.25) is 4.79 Å². The second-order valence-corrected chi connectivity index (χ2v) is 4.29. The van der Waals surface area contributed by atoms with Crippen molar-refractivity contribution in [2.75, 3.05) is 7.11 Å². The van der Waals surface area contributed by atoms with Gasteiger partial charge in [0.15, 0.2) is 0 Å². The highest BCUT2D eigenvalue weighted by Crippen LogP contribution is 2.37. The van der Waals surface area contributed by atoms with Crippen LogP contribution in [0.3, 0.4) is 0 Å². The van der Waals surface area contributed by atoms with Gasteiger partial charge in [0.1, 0.15) is 0 Å². The summed E-state index contributed by atoms with van der Waals surface area (Å²) in [6.45, 7) is 1.49. The third-order valence-corrected chi connectivity index (χ3v) is 2.84. The molecule has 0 aliphatic carbocycles. The number of aliphatic hydroxyl groups excluding tert-OH is 1. The Kier molecular flexibility index (Phi) is 4.94. The minimum absolute atomic E-state index is 0.149. The summed E-state index contributed by atoms with van der Waals surface area (Å²) in [4.78, 5) is 11.1. The van der Waals surface area contributed by atoms with Crippen molar-refractivity contribution in [1.29, 1.82) is 0 Å². The second kappa shape index (κ2) is 6.06. The third kappa shape index (κ3) is 3.96. The van der Waals surface area contributed by atoms with Gasteiger partial charge in [0.2, 0.25) is 0 Å². The summed E-state index contributed by atoms with van der Waals surface area (Å²) in [6.07, 6.45) is -6.07. The van der Waals surface area contributed by atoms with E-state index in [0.29, 0.717) is 0 Å². The molecule has 1 aromatic carbocycles. The van der Waals surface area contributed by atoms with Crippen LogP contribution < -0.4 is 0 Å². The van der Waals surface area contributed by atoms with Gasteiger partial charge in [-0.15, -0.1) is 0 Å². The van der Waals surface area contributed by atoms with Crippen molar-refractivity contribution in [1.82, 2.24) is 0 Å². The summed E-state index contributed by atoms with van der Waals surface area (Å²) in [7, 11) is 1.19. The quantitative estimate of drug-likeness (QED) is 0.860. The number of halogens is 3. The monoisotopic (exact) mass is 276 g/mol. The number of methoxy groups -OCH3 is 1. The van der Waals surface area contributed by atoms with E-state index >= 15 is 0 Å². The molecule has 19 heavy (non-hydrogen) atoms. The highest BCUT2D eigenvalue weighted by atomic mass is 19.4.